The molecule has 1 saturated heterocycles. The lowest BCUT2D eigenvalue weighted by atomic mass is 9.95. The zero-order chi connectivity index (χ0) is 28.5. The van der Waals surface area contributed by atoms with E-state index in [4.69, 9.17) is 4.98 Å². The molecule has 5 aromatic rings. The molecule has 2 aromatic heterocycles. The molecule has 0 spiro atoms. The minimum absolute atomic E-state index is 0.616. The Morgan fingerprint density at radius 1 is 0.810 bits per heavy atom. The molecule has 0 aliphatic carbocycles. The minimum atomic E-state index is 0.616. The third-order valence-electron chi connectivity index (χ3n) is 8.37. The fourth-order valence-corrected chi connectivity index (χ4v) is 5.92. The average Bonchev–Trinajstić information content (AvgIpc) is 3.05. The average molecular weight is 554 g/mol. The van der Waals surface area contributed by atoms with Gasteiger partial charge in [-0.15, -0.1) is 0 Å². The SMILES string of the molecule is CCN1CC(c2ccc(-c3cccc4ncccc34)cc2)=Cc2cnc(Nc3ccc(N4CCN(C)CC4)cc3)nc21. The summed E-state index contributed by atoms with van der Waals surface area (Å²) in [5.41, 5.74) is 9.18. The Kier molecular flexibility index (Phi) is 7.01. The largest absolute Gasteiger partial charge is 0.369 e. The van der Waals surface area contributed by atoms with E-state index >= 15 is 0 Å². The Morgan fingerprint density at radius 2 is 1.60 bits per heavy atom. The Balaban J connectivity index is 1.10. The van der Waals surface area contributed by atoms with Crippen molar-refractivity contribution in [2.45, 2.75) is 6.92 Å². The van der Waals surface area contributed by atoms with E-state index in [2.05, 4.69) is 123 Å². The molecule has 42 heavy (non-hydrogen) atoms. The Bertz CT molecular complexity index is 1730. The number of anilines is 4. The number of likely N-dealkylation sites (N-methyl/N-ethyl adjacent to an activating group) is 2. The summed E-state index contributed by atoms with van der Waals surface area (Å²) in [5, 5.41) is 4.58. The third kappa shape index (κ3) is 5.19. The fraction of sp³-hybridized carbons (Fsp3) is 0.229. The van der Waals surface area contributed by atoms with E-state index in [0.29, 0.717) is 5.95 Å². The predicted octanol–water partition coefficient (Wildman–Crippen LogP) is 6.57. The van der Waals surface area contributed by atoms with Gasteiger partial charge in [0.2, 0.25) is 5.95 Å². The summed E-state index contributed by atoms with van der Waals surface area (Å²) in [6, 6.07) is 27.9. The van der Waals surface area contributed by atoms with Crippen molar-refractivity contribution in [3.63, 3.8) is 0 Å². The van der Waals surface area contributed by atoms with Crippen LogP contribution in [-0.4, -0.2) is 66.2 Å². The van der Waals surface area contributed by atoms with Gasteiger partial charge in [0.05, 0.1) is 5.52 Å². The summed E-state index contributed by atoms with van der Waals surface area (Å²) in [6.45, 7) is 8.16. The van der Waals surface area contributed by atoms with Gasteiger partial charge < -0.3 is 20.0 Å². The second-order valence-electron chi connectivity index (χ2n) is 11.1. The molecule has 0 bridgehead atoms. The fourth-order valence-electron chi connectivity index (χ4n) is 5.92. The molecule has 2 aliphatic rings. The Hall–Kier alpha value is -4.75. The molecule has 7 nitrogen and oxygen atoms in total. The van der Waals surface area contributed by atoms with Crippen LogP contribution in [0.5, 0.6) is 0 Å². The number of nitrogens with zero attached hydrogens (tertiary/aromatic N) is 6. The van der Waals surface area contributed by atoms with Gasteiger partial charge in [0.1, 0.15) is 5.82 Å². The molecule has 7 heteroatoms. The summed E-state index contributed by atoms with van der Waals surface area (Å²) in [4.78, 5) is 21.3. The number of hydrogen-bond acceptors (Lipinski definition) is 7. The van der Waals surface area contributed by atoms with Gasteiger partial charge in [-0.05, 0) is 78.7 Å². The van der Waals surface area contributed by atoms with E-state index in [0.717, 1.165) is 61.9 Å². The molecule has 2 aliphatic heterocycles. The maximum Gasteiger partial charge on any atom is 0.229 e. The van der Waals surface area contributed by atoms with Gasteiger partial charge >= 0.3 is 0 Å². The molecular formula is C35H35N7. The highest BCUT2D eigenvalue weighted by molar-refractivity contribution is 5.95. The summed E-state index contributed by atoms with van der Waals surface area (Å²) < 4.78 is 0. The summed E-state index contributed by atoms with van der Waals surface area (Å²) in [6.07, 6.45) is 6.01. The van der Waals surface area contributed by atoms with Crippen LogP contribution in [0.15, 0.2) is 91.3 Å². The first-order valence-electron chi connectivity index (χ1n) is 14.7. The van der Waals surface area contributed by atoms with Crippen LogP contribution in [-0.2, 0) is 0 Å². The van der Waals surface area contributed by atoms with Crippen LogP contribution >= 0.6 is 0 Å². The van der Waals surface area contributed by atoms with Crippen LogP contribution in [0.3, 0.4) is 0 Å². The summed E-state index contributed by atoms with van der Waals surface area (Å²) in [5.74, 6) is 1.58. The quantitative estimate of drug-likeness (QED) is 0.255. The number of benzene rings is 3. The van der Waals surface area contributed by atoms with E-state index in [1.165, 1.54) is 33.3 Å². The third-order valence-corrected chi connectivity index (χ3v) is 8.37. The number of fused-ring (bicyclic) bond motifs is 2. The number of pyridine rings is 1. The van der Waals surface area contributed by atoms with Crippen molar-refractivity contribution in [2.75, 3.05) is 61.4 Å². The first-order valence-corrected chi connectivity index (χ1v) is 14.7. The molecule has 0 amide bonds. The van der Waals surface area contributed by atoms with Crippen molar-refractivity contribution in [1.82, 2.24) is 19.9 Å². The molecule has 7 rings (SSSR count). The van der Waals surface area contributed by atoms with Crippen LogP contribution in [0.2, 0.25) is 0 Å². The second-order valence-corrected chi connectivity index (χ2v) is 11.1. The maximum absolute atomic E-state index is 4.93. The number of aromatic nitrogens is 3. The maximum atomic E-state index is 4.93. The molecule has 0 unspecified atom stereocenters. The highest BCUT2D eigenvalue weighted by Gasteiger charge is 2.21. The molecule has 0 radical (unpaired) electrons. The normalized spacial score (nSPS) is 15.4. The molecule has 1 N–H and O–H groups in total. The van der Waals surface area contributed by atoms with E-state index in [-0.39, 0.29) is 0 Å². The first kappa shape index (κ1) is 26.2. The van der Waals surface area contributed by atoms with Crippen molar-refractivity contribution in [3.05, 3.63) is 102 Å². The smallest absolute Gasteiger partial charge is 0.229 e. The monoisotopic (exact) mass is 553 g/mol. The van der Waals surface area contributed by atoms with Crippen molar-refractivity contribution in [1.29, 1.82) is 0 Å². The van der Waals surface area contributed by atoms with E-state index in [1.807, 2.05) is 18.5 Å². The molecule has 3 aromatic carbocycles. The van der Waals surface area contributed by atoms with Crippen LogP contribution in [0, 0.1) is 0 Å². The lowest BCUT2D eigenvalue weighted by Gasteiger charge is -2.34. The molecule has 4 heterocycles. The minimum Gasteiger partial charge on any atom is -0.369 e. The van der Waals surface area contributed by atoms with Gasteiger partial charge in [-0.25, -0.2) is 4.98 Å². The number of piperazine rings is 1. The standard InChI is InChI=1S/C35H35N7/c1-3-41-24-28(25-9-11-26(12-10-25)31-6-4-8-33-32(31)7-5-17-36-33)22-27-23-37-35(39-34(27)41)38-29-13-15-30(16-14-29)42-20-18-40(2)19-21-42/h4-17,22-23H,3,18-21,24H2,1-2H3,(H,37,38,39). The number of rotatable bonds is 6. The van der Waals surface area contributed by atoms with Gasteiger partial charge in [-0.2, -0.15) is 4.98 Å². The zero-order valence-corrected chi connectivity index (χ0v) is 24.2. The van der Waals surface area contributed by atoms with Crippen molar-refractivity contribution in [3.8, 4) is 11.1 Å². The zero-order valence-electron chi connectivity index (χ0n) is 24.2. The highest BCUT2D eigenvalue weighted by atomic mass is 15.3. The van der Waals surface area contributed by atoms with E-state index in [1.54, 1.807) is 0 Å². The van der Waals surface area contributed by atoms with E-state index in [9.17, 15) is 0 Å². The summed E-state index contributed by atoms with van der Waals surface area (Å²) in [7, 11) is 2.18. The molecule has 0 saturated carbocycles. The highest BCUT2D eigenvalue weighted by Crippen LogP contribution is 2.34. The molecule has 210 valence electrons. The van der Waals surface area contributed by atoms with E-state index < -0.39 is 0 Å². The van der Waals surface area contributed by atoms with Crippen LogP contribution < -0.4 is 15.1 Å². The van der Waals surface area contributed by atoms with Crippen LogP contribution in [0.4, 0.5) is 23.1 Å². The van der Waals surface area contributed by atoms with Gasteiger partial charge in [0, 0.05) is 74.0 Å². The number of nitrogens with one attached hydrogen (secondary N) is 1. The lowest BCUT2D eigenvalue weighted by molar-refractivity contribution is 0.313. The van der Waals surface area contributed by atoms with Crippen molar-refractivity contribution >= 4 is 45.7 Å². The Labute approximate surface area is 247 Å². The predicted molar refractivity (Wildman–Crippen MR) is 174 cm³/mol. The second kappa shape index (κ2) is 11.3. The van der Waals surface area contributed by atoms with Gasteiger partial charge in [0.25, 0.3) is 0 Å². The lowest BCUT2D eigenvalue weighted by Crippen LogP contribution is -2.44. The van der Waals surface area contributed by atoms with Gasteiger partial charge in [-0.3, -0.25) is 4.98 Å². The van der Waals surface area contributed by atoms with Crippen LogP contribution in [0.1, 0.15) is 18.1 Å². The van der Waals surface area contributed by atoms with Crippen molar-refractivity contribution < 1.29 is 0 Å². The van der Waals surface area contributed by atoms with Crippen LogP contribution in [0.25, 0.3) is 33.7 Å². The molecular weight excluding hydrogens is 518 g/mol. The summed E-state index contributed by atoms with van der Waals surface area (Å²) >= 11 is 0. The number of hydrogen-bond donors (Lipinski definition) is 1. The topological polar surface area (TPSA) is 60.4 Å². The van der Waals surface area contributed by atoms with Crippen molar-refractivity contribution in [2.24, 2.45) is 0 Å². The molecule has 0 atom stereocenters. The molecule has 1 fully saturated rings. The van der Waals surface area contributed by atoms with Gasteiger partial charge in [0.15, 0.2) is 0 Å². The first-order chi connectivity index (χ1) is 20.6. The Morgan fingerprint density at radius 3 is 2.38 bits per heavy atom. The van der Waals surface area contributed by atoms with Gasteiger partial charge in [-0.1, -0.05) is 42.5 Å².